The summed E-state index contributed by atoms with van der Waals surface area (Å²) in [6, 6.07) is 14.3. The van der Waals surface area contributed by atoms with Gasteiger partial charge in [0.05, 0.1) is 10.9 Å². The molecule has 7 heteroatoms. The lowest BCUT2D eigenvalue weighted by molar-refractivity contribution is -0.120. The summed E-state index contributed by atoms with van der Waals surface area (Å²) in [7, 11) is 1.30. The maximum Gasteiger partial charge on any atom is 0.242 e. The minimum atomic E-state index is -3.55. The number of anilines is 1. The minimum Gasteiger partial charge on any atom is -0.325 e. The Labute approximate surface area is 174 Å². The van der Waals surface area contributed by atoms with Gasteiger partial charge in [-0.05, 0) is 49.2 Å². The molecule has 2 aromatic rings. The number of benzene rings is 2. The van der Waals surface area contributed by atoms with Gasteiger partial charge in [0.1, 0.15) is 0 Å². The molecular weight excluding hydrogens is 386 g/mol. The fourth-order valence-electron chi connectivity index (χ4n) is 2.82. The molecule has 0 fully saturated rings. The number of rotatable bonds is 8. The van der Waals surface area contributed by atoms with Crippen LogP contribution in [-0.2, 0) is 21.4 Å². The molecule has 2 aromatic carbocycles. The van der Waals surface area contributed by atoms with E-state index in [1.54, 1.807) is 12.1 Å². The molecule has 0 heterocycles. The van der Waals surface area contributed by atoms with Gasteiger partial charge < -0.3 is 5.32 Å². The number of amides is 1. The number of carbonyl (C=O) groups excluding carboxylic acids is 1. The van der Waals surface area contributed by atoms with Crippen LogP contribution in [0, 0.1) is 0 Å². The first-order valence-corrected chi connectivity index (χ1v) is 11.1. The number of nitrogens with one attached hydrogen (secondary N) is 1. The second kappa shape index (κ2) is 9.52. The first-order chi connectivity index (χ1) is 13.5. The van der Waals surface area contributed by atoms with Gasteiger partial charge in [0.2, 0.25) is 15.9 Å². The van der Waals surface area contributed by atoms with Crippen molar-refractivity contribution in [2.45, 2.75) is 44.2 Å². The number of hydrogen-bond acceptors (Lipinski definition) is 4. The topological polar surface area (TPSA) is 69.7 Å². The van der Waals surface area contributed by atoms with Crippen molar-refractivity contribution in [1.29, 1.82) is 0 Å². The van der Waals surface area contributed by atoms with Crippen molar-refractivity contribution >= 4 is 21.6 Å². The number of carbonyl (C=O) groups is 1. The molecule has 1 atom stereocenters. The molecule has 0 aliphatic heterocycles. The zero-order chi connectivity index (χ0) is 21.8. The fourth-order valence-corrected chi connectivity index (χ4v) is 3.77. The molecule has 0 radical (unpaired) electrons. The van der Waals surface area contributed by atoms with Gasteiger partial charge in [-0.1, -0.05) is 44.2 Å². The minimum absolute atomic E-state index is 0.145. The third-order valence-electron chi connectivity index (χ3n) is 5.00. The largest absolute Gasteiger partial charge is 0.325 e. The quantitative estimate of drug-likeness (QED) is 0.713. The van der Waals surface area contributed by atoms with Crippen LogP contribution in [0.5, 0.6) is 0 Å². The molecule has 158 valence electrons. The number of sulfonamides is 1. The van der Waals surface area contributed by atoms with Crippen LogP contribution >= 0.6 is 0 Å². The Kier molecular flexibility index (Phi) is 7.57. The number of likely N-dealkylation sites (N-methyl/N-ethyl adjacent to an activating group) is 1. The van der Waals surface area contributed by atoms with Crippen LogP contribution in [0.25, 0.3) is 0 Å². The van der Waals surface area contributed by atoms with Crippen LogP contribution in [0.1, 0.15) is 37.8 Å². The van der Waals surface area contributed by atoms with Crippen molar-refractivity contribution in [3.8, 4) is 0 Å². The zero-order valence-electron chi connectivity index (χ0n) is 18.0. The van der Waals surface area contributed by atoms with Crippen LogP contribution in [-0.4, -0.2) is 50.7 Å². The predicted octanol–water partition coefficient (Wildman–Crippen LogP) is 3.52. The highest BCUT2D eigenvalue weighted by atomic mass is 32.2. The van der Waals surface area contributed by atoms with E-state index in [0.29, 0.717) is 18.2 Å². The molecule has 0 aliphatic rings. The molecule has 0 saturated heterocycles. The molecule has 1 amide bonds. The van der Waals surface area contributed by atoms with Gasteiger partial charge in [-0.2, -0.15) is 0 Å². The predicted molar refractivity (Wildman–Crippen MR) is 117 cm³/mol. The summed E-state index contributed by atoms with van der Waals surface area (Å²) in [5.74, 6) is 0.296. The summed E-state index contributed by atoms with van der Waals surface area (Å²) in [6.07, 6.45) is 0. The fraction of sp³-hybridized carbons (Fsp3) is 0.409. The number of hydrogen-bond donors (Lipinski definition) is 1. The van der Waals surface area contributed by atoms with Gasteiger partial charge in [-0.3, -0.25) is 9.69 Å². The Morgan fingerprint density at radius 2 is 1.62 bits per heavy atom. The third-order valence-corrected chi connectivity index (χ3v) is 6.81. The lowest BCUT2D eigenvalue weighted by Crippen LogP contribution is -2.39. The maximum atomic E-state index is 12.7. The molecule has 0 spiro atoms. The van der Waals surface area contributed by atoms with Crippen LogP contribution in [0.2, 0.25) is 0 Å². The van der Waals surface area contributed by atoms with E-state index in [9.17, 15) is 13.2 Å². The van der Waals surface area contributed by atoms with Crippen molar-refractivity contribution in [3.05, 3.63) is 59.7 Å². The summed E-state index contributed by atoms with van der Waals surface area (Å²) >= 11 is 0. The summed E-state index contributed by atoms with van der Waals surface area (Å²) in [4.78, 5) is 14.8. The van der Waals surface area contributed by atoms with Crippen LogP contribution in [0.15, 0.2) is 53.4 Å². The highest BCUT2D eigenvalue weighted by Gasteiger charge is 2.21. The Morgan fingerprint density at radius 1 is 1.00 bits per heavy atom. The summed E-state index contributed by atoms with van der Waals surface area (Å²) in [6.45, 7) is 6.79. The van der Waals surface area contributed by atoms with Gasteiger partial charge in [0, 0.05) is 26.3 Å². The van der Waals surface area contributed by atoms with Crippen molar-refractivity contribution in [1.82, 2.24) is 9.21 Å². The second-order valence-corrected chi connectivity index (χ2v) is 9.94. The van der Waals surface area contributed by atoms with Crippen molar-refractivity contribution in [2.24, 2.45) is 0 Å². The van der Waals surface area contributed by atoms with Gasteiger partial charge in [0.25, 0.3) is 0 Å². The summed E-state index contributed by atoms with van der Waals surface area (Å²) in [5, 5.41) is 2.82. The van der Waals surface area contributed by atoms with E-state index in [2.05, 4.69) is 43.4 Å². The van der Waals surface area contributed by atoms with E-state index in [4.69, 9.17) is 0 Å². The van der Waals surface area contributed by atoms with E-state index in [0.717, 1.165) is 9.87 Å². The zero-order valence-corrected chi connectivity index (χ0v) is 18.8. The smallest absolute Gasteiger partial charge is 0.242 e. The SMILES string of the molecule is CC(C)c1ccc(CN(C)[C@H](C)C(=O)Nc2cccc(S(=O)(=O)N(C)C)c2)cc1. The normalized spacial score (nSPS) is 13.1. The molecule has 29 heavy (non-hydrogen) atoms. The lowest BCUT2D eigenvalue weighted by Gasteiger charge is -2.24. The van der Waals surface area contributed by atoms with Crippen LogP contribution in [0.3, 0.4) is 0 Å². The average molecular weight is 418 g/mol. The molecule has 2 rings (SSSR count). The maximum absolute atomic E-state index is 12.7. The van der Waals surface area contributed by atoms with E-state index in [-0.39, 0.29) is 16.8 Å². The molecule has 6 nitrogen and oxygen atoms in total. The van der Waals surface area contributed by atoms with E-state index in [1.165, 1.54) is 31.8 Å². The Morgan fingerprint density at radius 3 is 2.17 bits per heavy atom. The first-order valence-electron chi connectivity index (χ1n) is 9.65. The Balaban J connectivity index is 2.05. The van der Waals surface area contributed by atoms with Crippen molar-refractivity contribution in [2.75, 3.05) is 26.5 Å². The van der Waals surface area contributed by atoms with Gasteiger partial charge >= 0.3 is 0 Å². The monoisotopic (exact) mass is 417 g/mol. The van der Waals surface area contributed by atoms with E-state index < -0.39 is 10.0 Å². The lowest BCUT2D eigenvalue weighted by atomic mass is 10.0. The molecule has 1 N–H and O–H groups in total. The summed E-state index contributed by atoms with van der Waals surface area (Å²) < 4.78 is 25.7. The van der Waals surface area contributed by atoms with E-state index >= 15 is 0 Å². The van der Waals surface area contributed by atoms with Gasteiger partial charge in [-0.15, -0.1) is 0 Å². The third kappa shape index (κ3) is 5.88. The molecule has 0 aromatic heterocycles. The highest BCUT2D eigenvalue weighted by molar-refractivity contribution is 7.89. The van der Waals surface area contributed by atoms with Crippen molar-refractivity contribution in [3.63, 3.8) is 0 Å². The molecule has 0 aliphatic carbocycles. The summed E-state index contributed by atoms with van der Waals surface area (Å²) in [5.41, 5.74) is 2.88. The highest BCUT2D eigenvalue weighted by Crippen LogP contribution is 2.19. The van der Waals surface area contributed by atoms with E-state index in [1.807, 2.05) is 18.9 Å². The Bertz CT molecular complexity index is 938. The molecule has 0 bridgehead atoms. The average Bonchev–Trinajstić information content (AvgIpc) is 2.67. The Hall–Kier alpha value is -2.22. The van der Waals surface area contributed by atoms with Crippen LogP contribution < -0.4 is 5.32 Å². The molecule has 0 unspecified atom stereocenters. The second-order valence-electron chi connectivity index (χ2n) is 7.79. The molecular formula is C22H31N3O3S. The standard InChI is InChI=1S/C22H31N3O3S/c1-16(2)19-12-10-18(11-13-19)15-25(6)17(3)22(26)23-20-8-7-9-21(14-20)29(27,28)24(4)5/h7-14,16-17H,15H2,1-6H3,(H,23,26)/t17-/m1/s1. The number of nitrogens with zero attached hydrogens (tertiary/aromatic N) is 2. The molecule has 0 saturated carbocycles. The van der Waals surface area contributed by atoms with Gasteiger partial charge in [-0.25, -0.2) is 12.7 Å². The van der Waals surface area contributed by atoms with Crippen LogP contribution in [0.4, 0.5) is 5.69 Å². The van der Waals surface area contributed by atoms with Crippen molar-refractivity contribution < 1.29 is 13.2 Å². The van der Waals surface area contributed by atoms with Gasteiger partial charge in [0.15, 0.2) is 0 Å². The first kappa shape index (κ1) is 23.1.